The largest absolute Gasteiger partial charge is 0.473 e. The van der Waals surface area contributed by atoms with Crippen molar-refractivity contribution in [3.05, 3.63) is 70.0 Å². The number of hydrogen-bond donors (Lipinski definition) is 2. The monoisotopic (exact) mass is 416 g/mol. The molecule has 0 atom stereocenters. The number of non-ortho nitro benzene ring substituents is 1. The number of nitrogens with zero attached hydrogens (tertiary/aromatic N) is 4. The zero-order valence-corrected chi connectivity index (χ0v) is 15.9. The van der Waals surface area contributed by atoms with Crippen LogP contribution in [-0.4, -0.2) is 73.9 Å². The first-order valence-electron chi connectivity index (χ1n) is 8.89. The highest BCUT2D eigenvalue weighted by Crippen LogP contribution is 2.15. The van der Waals surface area contributed by atoms with Gasteiger partial charge in [0.2, 0.25) is 0 Å². The minimum atomic E-state index is -1.82. The van der Waals surface area contributed by atoms with Gasteiger partial charge in [-0.15, -0.1) is 0 Å². The summed E-state index contributed by atoms with van der Waals surface area (Å²) >= 11 is 0. The summed E-state index contributed by atoms with van der Waals surface area (Å²) in [5, 5.41) is 25.5. The van der Waals surface area contributed by atoms with E-state index in [0.29, 0.717) is 18.7 Å². The van der Waals surface area contributed by atoms with Crippen LogP contribution in [0.25, 0.3) is 0 Å². The van der Waals surface area contributed by atoms with E-state index in [1.165, 1.54) is 12.1 Å². The maximum atomic E-state index is 12.4. The molecule has 1 aromatic carbocycles. The molecule has 0 bridgehead atoms. The topological polar surface area (TPSA) is 154 Å². The van der Waals surface area contributed by atoms with Crippen LogP contribution in [0.15, 0.2) is 48.8 Å². The SMILES string of the molecule is O=C(O)C(=O)O.O=C(c1ccncc1)N1CCN(Cc2ccc([N+](=O)[O-])cc2)CC1. The lowest BCUT2D eigenvalue weighted by atomic mass is 10.1. The highest BCUT2D eigenvalue weighted by Gasteiger charge is 2.22. The number of benzene rings is 1. The second-order valence-corrected chi connectivity index (χ2v) is 6.34. The lowest BCUT2D eigenvalue weighted by molar-refractivity contribution is -0.384. The molecule has 1 fully saturated rings. The van der Waals surface area contributed by atoms with Gasteiger partial charge in [0.25, 0.3) is 11.6 Å². The van der Waals surface area contributed by atoms with Crippen molar-refractivity contribution < 1.29 is 29.5 Å². The number of hydrogen-bond acceptors (Lipinski definition) is 7. The summed E-state index contributed by atoms with van der Waals surface area (Å²) < 4.78 is 0. The second kappa shape index (κ2) is 10.6. The average Bonchev–Trinajstić information content (AvgIpc) is 2.75. The van der Waals surface area contributed by atoms with E-state index < -0.39 is 16.9 Å². The van der Waals surface area contributed by atoms with E-state index in [9.17, 15) is 14.9 Å². The minimum Gasteiger partial charge on any atom is -0.473 e. The molecule has 0 saturated carbocycles. The molecule has 158 valence electrons. The fourth-order valence-corrected chi connectivity index (χ4v) is 2.77. The van der Waals surface area contributed by atoms with Crippen LogP contribution in [0.2, 0.25) is 0 Å². The molecule has 0 unspecified atom stereocenters. The third kappa shape index (κ3) is 6.63. The summed E-state index contributed by atoms with van der Waals surface area (Å²) in [6.45, 7) is 3.65. The molecule has 30 heavy (non-hydrogen) atoms. The average molecular weight is 416 g/mol. The van der Waals surface area contributed by atoms with E-state index in [1.54, 1.807) is 36.7 Å². The molecule has 2 heterocycles. The van der Waals surface area contributed by atoms with Crippen LogP contribution < -0.4 is 0 Å². The van der Waals surface area contributed by atoms with Gasteiger partial charge in [0.1, 0.15) is 0 Å². The summed E-state index contributed by atoms with van der Waals surface area (Å²) in [6.07, 6.45) is 3.25. The van der Waals surface area contributed by atoms with Crippen LogP contribution >= 0.6 is 0 Å². The predicted octanol–water partition coefficient (Wildman–Crippen LogP) is 1.10. The summed E-state index contributed by atoms with van der Waals surface area (Å²) in [5.74, 6) is -3.61. The van der Waals surface area contributed by atoms with Gasteiger partial charge < -0.3 is 15.1 Å². The van der Waals surface area contributed by atoms with Gasteiger partial charge in [-0.3, -0.25) is 24.8 Å². The number of nitro groups is 1. The number of carboxylic acid groups (broad SMARTS) is 2. The van der Waals surface area contributed by atoms with Crippen molar-refractivity contribution in [2.45, 2.75) is 6.54 Å². The zero-order chi connectivity index (χ0) is 22.1. The Labute approximate surface area is 171 Å². The number of pyridine rings is 1. The van der Waals surface area contributed by atoms with Gasteiger partial charge in [-0.25, -0.2) is 9.59 Å². The fourth-order valence-electron chi connectivity index (χ4n) is 2.77. The number of nitro benzene ring substituents is 1. The quantitative estimate of drug-likeness (QED) is 0.423. The summed E-state index contributed by atoms with van der Waals surface area (Å²) in [7, 11) is 0. The predicted molar refractivity (Wildman–Crippen MR) is 104 cm³/mol. The van der Waals surface area contributed by atoms with Crippen molar-refractivity contribution >= 4 is 23.5 Å². The first-order valence-corrected chi connectivity index (χ1v) is 8.89. The third-order valence-electron chi connectivity index (χ3n) is 4.32. The number of carbonyl (C=O) groups is 3. The van der Waals surface area contributed by atoms with Crippen LogP contribution in [0, 0.1) is 10.1 Å². The molecule has 1 aromatic heterocycles. The van der Waals surface area contributed by atoms with Crippen molar-refractivity contribution in [1.29, 1.82) is 0 Å². The molecule has 1 aliphatic heterocycles. The molecule has 0 aliphatic carbocycles. The number of amides is 1. The number of rotatable bonds is 4. The lowest BCUT2D eigenvalue weighted by Gasteiger charge is -2.34. The van der Waals surface area contributed by atoms with Crippen LogP contribution in [0.5, 0.6) is 0 Å². The van der Waals surface area contributed by atoms with Crippen molar-refractivity contribution in [3.63, 3.8) is 0 Å². The summed E-state index contributed by atoms with van der Waals surface area (Å²) in [5.41, 5.74) is 1.80. The van der Waals surface area contributed by atoms with Crippen LogP contribution in [0.3, 0.4) is 0 Å². The maximum absolute atomic E-state index is 12.4. The normalized spacial score (nSPS) is 13.7. The Balaban J connectivity index is 0.000000469. The number of carboxylic acids is 2. The van der Waals surface area contributed by atoms with E-state index in [1.807, 2.05) is 4.90 Å². The Kier molecular flexibility index (Phi) is 7.94. The van der Waals surface area contributed by atoms with Gasteiger partial charge in [-0.2, -0.15) is 0 Å². The van der Waals surface area contributed by atoms with Gasteiger partial charge in [0, 0.05) is 62.8 Å². The Bertz CT molecular complexity index is 883. The lowest BCUT2D eigenvalue weighted by Crippen LogP contribution is -2.48. The first kappa shape index (κ1) is 22.4. The van der Waals surface area contributed by atoms with Gasteiger partial charge >= 0.3 is 11.9 Å². The molecule has 1 aliphatic rings. The van der Waals surface area contributed by atoms with E-state index >= 15 is 0 Å². The molecular formula is C19H20N4O7. The number of carbonyl (C=O) groups excluding carboxylic acids is 1. The Morgan fingerprint density at radius 1 is 0.933 bits per heavy atom. The summed E-state index contributed by atoms with van der Waals surface area (Å²) in [6, 6.07) is 10.1. The molecule has 1 amide bonds. The van der Waals surface area contributed by atoms with Gasteiger partial charge in [-0.05, 0) is 17.7 Å². The van der Waals surface area contributed by atoms with Gasteiger partial charge in [-0.1, -0.05) is 12.1 Å². The first-order chi connectivity index (χ1) is 14.3. The van der Waals surface area contributed by atoms with Gasteiger partial charge in [0.15, 0.2) is 0 Å². The van der Waals surface area contributed by atoms with Gasteiger partial charge in [0.05, 0.1) is 4.92 Å². The summed E-state index contributed by atoms with van der Waals surface area (Å²) in [4.78, 5) is 48.9. The zero-order valence-electron chi connectivity index (χ0n) is 15.9. The number of aromatic nitrogens is 1. The third-order valence-corrected chi connectivity index (χ3v) is 4.32. The van der Waals surface area contributed by atoms with Crippen molar-refractivity contribution in [2.75, 3.05) is 26.2 Å². The van der Waals surface area contributed by atoms with E-state index in [0.717, 1.165) is 25.2 Å². The van der Waals surface area contributed by atoms with Crippen LogP contribution in [-0.2, 0) is 16.1 Å². The molecule has 3 rings (SSSR count). The van der Waals surface area contributed by atoms with Crippen molar-refractivity contribution in [3.8, 4) is 0 Å². The Morgan fingerprint density at radius 3 is 1.93 bits per heavy atom. The van der Waals surface area contributed by atoms with Crippen LogP contribution in [0.1, 0.15) is 15.9 Å². The maximum Gasteiger partial charge on any atom is 0.414 e. The smallest absolute Gasteiger partial charge is 0.414 e. The molecule has 1 saturated heterocycles. The molecule has 11 nitrogen and oxygen atoms in total. The molecule has 11 heteroatoms. The van der Waals surface area contributed by atoms with Crippen LogP contribution in [0.4, 0.5) is 5.69 Å². The number of aliphatic carboxylic acids is 2. The van der Waals surface area contributed by atoms with Crippen molar-refractivity contribution in [1.82, 2.24) is 14.8 Å². The molecule has 0 radical (unpaired) electrons. The molecule has 0 spiro atoms. The second-order valence-electron chi connectivity index (χ2n) is 6.34. The minimum absolute atomic E-state index is 0.0346. The van der Waals surface area contributed by atoms with E-state index in [-0.39, 0.29) is 11.6 Å². The highest BCUT2D eigenvalue weighted by atomic mass is 16.6. The standard InChI is InChI=1S/C17H18N4O3.C2H2O4/c22-17(15-5-7-18-8-6-15)20-11-9-19(10-12-20)13-14-1-3-16(4-2-14)21(23)24;3-1(4)2(5)6/h1-8H,9-13H2;(H,3,4)(H,5,6). The highest BCUT2D eigenvalue weighted by molar-refractivity contribution is 6.27. The fraction of sp³-hybridized carbons (Fsp3) is 0.263. The Morgan fingerprint density at radius 2 is 1.47 bits per heavy atom. The van der Waals surface area contributed by atoms with Crippen molar-refractivity contribution in [2.24, 2.45) is 0 Å². The molecule has 2 aromatic rings. The molecular weight excluding hydrogens is 396 g/mol. The Hall–Kier alpha value is -3.86. The van der Waals surface area contributed by atoms with E-state index in [4.69, 9.17) is 19.8 Å². The number of piperazine rings is 1. The van der Waals surface area contributed by atoms with E-state index in [2.05, 4.69) is 9.88 Å². The molecule has 2 N–H and O–H groups in total.